The second-order valence-electron chi connectivity index (χ2n) is 5.17. The van der Waals surface area contributed by atoms with Gasteiger partial charge in [0.15, 0.2) is 0 Å². The highest BCUT2D eigenvalue weighted by molar-refractivity contribution is 7.92. The standard InChI is InChI=1S/C16H18N2O5S/c1-11(2)23-13-5-7-14(8-6-13)24(20,21)18-15-9-4-12(10-17-15)16(19)22-3/h4-11H,1-3H3,(H,17,18). The first-order valence-corrected chi connectivity index (χ1v) is 8.64. The topological polar surface area (TPSA) is 94.6 Å². The normalized spacial score (nSPS) is 11.2. The van der Waals surface area contributed by atoms with Crippen molar-refractivity contribution in [3.63, 3.8) is 0 Å². The van der Waals surface area contributed by atoms with E-state index in [0.29, 0.717) is 5.75 Å². The molecular weight excluding hydrogens is 332 g/mol. The number of hydrogen-bond donors (Lipinski definition) is 1. The summed E-state index contributed by atoms with van der Waals surface area (Å²) in [6, 6.07) is 8.88. The van der Waals surface area contributed by atoms with Crippen molar-refractivity contribution in [1.82, 2.24) is 4.98 Å². The van der Waals surface area contributed by atoms with Crippen LogP contribution in [0.25, 0.3) is 0 Å². The number of ether oxygens (including phenoxy) is 2. The minimum atomic E-state index is -3.78. The number of esters is 1. The van der Waals surface area contributed by atoms with Gasteiger partial charge in [-0.05, 0) is 50.2 Å². The van der Waals surface area contributed by atoms with Gasteiger partial charge in [-0.25, -0.2) is 18.2 Å². The Labute approximate surface area is 140 Å². The molecular formula is C16H18N2O5S. The van der Waals surface area contributed by atoms with Crippen molar-refractivity contribution >= 4 is 21.8 Å². The van der Waals surface area contributed by atoms with Gasteiger partial charge in [0.05, 0.1) is 23.7 Å². The minimum Gasteiger partial charge on any atom is -0.491 e. The number of aromatic nitrogens is 1. The van der Waals surface area contributed by atoms with E-state index in [1.165, 1.54) is 37.6 Å². The molecule has 0 atom stereocenters. The molecule has 0 bridgehead atoms. The van der Waals surface area contributed by atoms with E-state index in [2.05, 4.69) is 14.4 Å². The molecule has 0 amide bonds. The van der Waals surface area contributed by atoms with E-state index in [4.69, 9.17) is 4.74 Å². The van der Waals surface area contributed by atoms with Crippen LogP contribution in [0.4, 0.5) is 5.82 Å². The van der Waals surface area contributed by atoms with Gasteiger partial charge in [0.25, 0.3) is 10.0 Å². The summed E-state index contributed by atoms with van der Waals surface area (Å²) in [4.78, 5) is 15.3. The van der Waals surface area contributed by atoms with E-state index in [9.17, 15) is 13.2 Å². The first-order chi connectivity index (χ1) is 11.3. The summed E-state index contributed by atoms with van der Waals surface area (Å²) in [7, 11) is -2.53. The number of pyridine rings is 1. The molecule has 24 heavy (non-hydrogen) atoms. The van der Waals surface area contributed by atoms with Gasteiger partial charge in [0.1, 0.15) is 11.6 Å². The highest BCUT2D eigenvalue weighted by atomic mass is 32.2. The van der Waals surface area contributed by atoms with E-state index >= 15 is 0 Å². The predicted octanol–water partition coefficient (Wildman–Crippen LogP) is 2.46. The molecule has 1 aromatic heterocycles. The molecule has 0 aliphatic carbocycles. The van der Waals surface area contributed by atoms with Crippen LogP contribution >= 0.6 is 0 Å². The smallest absolute Gasteiger partial charge is 0.339 e. The van der Waals surface area contributed by atoms with Crippen LogP contribution in [-0.4, -0.2) is 32.6 Å². The average Bonchev–Trinajstić information content (AvgIpc) is 2.54. The average molecular weight is 350 g/mol. The maximum Gasteiger partial charge on any atom is 0.339 e. The summed E-state index contributed by atoms with van der Waals surface area (Å²) in [5.41, 5.74) is 0.232. The van der Waals surface area contributed by atoms with Crippen LogP contribution in [0.2, 0.25) is 0 Å². The number of carbonyl (C=O) groups excluding carboxylic acids is 1. The summed E-state index contributed by atoms with van der Waals surface area (Å²) in [6.45, 7) is 3.77. The van der Waals surface area contributed by atoms with Crippen molar-refractivity contribution in [2.24, 2.45) is 0 Å². The van der Waals surface area contributed by atoms with Crippen molar-refractivity contribution < 1.29 is 22.7 Å². The summed E-state index contributed by atoms with van der Waals surface area (Å²) in [5, 5.41) is 0. The number of hydrogen-bond acceptors (Lipinski definition) is 6. The second kappa shape index (κ2) is 7.31. The van der Waals surface area contributed by atoms with Crippen LogP contribution in [-0.2, 0) is 14.8 Å². The maximum absolute atomic E-state index is 12.3. The Morgan fingerprint density at radius 3 is 2.29 bits per heavy atom. The lowest BCUT2D eigenvalue weighted by molar-refractivity contribution is 0.0600. The lowest BCUT2D eigenvalue weighted by Crippen LogP contribution is -2.14. The van der Waals surface area contributed by atoms with Gasteiger partial charge in [0.2, 0.25) is 0 Å². The minimum absolute atomic E-state index is 0.00288. The summed E-state index contributed by atoms with van der Waals surface area (Å²) >= 11 is 0. The monoisotopic (exact) mass is 350 g/mol. The number of anilines is 1. The number of rotatable bonds is 6. The van der Waals surface area contributed by atoms with Crippen molar-refractivity contribution in [3.05, 3.63) is 48.2 Å². The Hall–Kier alpha value is -2.61. The fourth-order valence-electron chi connectivity index (χ4n) is 1.86. The van der Waals surface area contributed by atoms with Gasteiger partial charge in [0, 0.05) is 6.20 Å². The SMILES string of the molecule is COC(=O)c1ccc(NS(=O)(=O)c2ccc(OC(C)C)cc2)nc1. The summed E-state index contributed by atoms with van der Waals surface area (Å²) < 4.78 is 37.0. The van der Waals surface area contributed by atoms with Gasteiger partial charge in [-0.3, -0.25) is 4.72 Å². The first kappa shape index (κ1) is 17.7. The molecule has 8 heteroatoms. The zero-order valence-corrected chi connectivity index (χ0v) is 14.3. The summed E-state index contributed by atoms with van der Waals surface area (Å²) in [5.74, 6) is 0.146. The molecule has 0 fully saturated rings. The maximum atomic E-state index is 12.3. The molecule has 7 nitrogen and oxygen atoms in total. The Kier molecular flexibility index (Phi) is 5.40. The molecule has 0 saturated carbocycles. The zero-order chi connectivity index (χ0) is 17.7. The quantitative estimate of drug-likeness (QED) is 0.804. The van der Waals surface area contributed by atoms with Crippen molar-refractivity contribution in [2.45, 2.75) is 24.8 Å². The van der Waals surface area contributed by atoms with Crippen LogP contribution in [0, 0.1) is 0 Å². The van der Waals surface area contributed by atoms with E-state index in [1.807, 2.05) is 13.8 Å². The van der Waals surface area contributed by atoms with Crippen LogP contribution in [0.15, 0.2) is 47.5 Å². The molecule has 1 N–H and O–H groups in total. The van der Waals surface area contributed by atoms with Gasteiger partial charge in [-0.2, -0.15) is 0 Å². The van der Waals surface area contributed by atoms with Crippen LogP contribution < -0.4 is 9.46 Å². The van der Waals surface area contributed by atoms with Gasteiger partial charge in [-0.15, -0.1) is 0 Å². The molecule has 2 rings (SSSR count). The Morgan fingerprint density at radius 1 is 1.12 bits per heavy atom. The molecule has 0 aliphatic heterocycles. The Morgan fingerprint density at radius 2 is 1.79 bits per heavy atom. The Bertz CT molecular complexity index is 799. The number of methoxy groups -OCH3 is 1. The fraction of sp³-hybridized carbons (Fsp3) is 0.250. The predicted molar refractivity (Wildman–Crippen MR) is 88.6 cm³/mol. The molecule has 0 unspecified atom stereocenters. The third kappa shape index (κ3) is 4.45. The summed E-state index contributed by atoms with van der Waals surface area (Å²) in [6.07, 6.45) is 1.24. The highest BCUT2D eigenvalue weighted by Crippen LogP contribution is 2.19. The van der Waals surface area contributed by atoms with Gasteiger partial charge >= 0.3 is 5.97 Å². The lowest BCUT2D eigenvalue weighted by atomic mass is 10.3. The first-order valence-electron chi connectivity index (χ1n) is 7.16. The third-order valence-corrected chi connectivity index (χ3v) is 4.30. The molecule has 1 aromatic carbocycles. The van der Waals surface area contributed by atoms with Crippen LogP contribution in [0.5, 0.6) is 5.75 Å². The molecule has 0 aliphatic rings. The zero-order valence-electron chi connectivity index (χ0n) is 13.5. The molecule has 2 aromatic rings. The Balaban J connectivity index is 2.14. The molecule has 0 radical (unpaired) electrons. The van der Waals surface area contributed by atoms with Crippen LogP contribution in [0.1, 0.15) is 24.2 Å². The number of sulfonamides is 1. The van der Waals surface area contributed by atoms with Crippen molar-refractivity contribution in [1.29, 1.82) is 0 Å². The van der Waals surface area contributed by atoms with Crippen molar-refractivity contribution in [2.75, 3.05) is 11.8 Å². The van der Waals surface area contributed by atoms with E-state index < -0.39 is 16.0 Å². The highest BCUT2D eigenvalue weighted by Gasteiger charge is 2.15. The third-order valence-electron chi connectivity index (χ3n) is 2.93. The van der Waals surface area contributed by atoms with Crippen molar-refractivity contribution in [3.8, 4) is 5.75 Å². The fourth-order valence-corrected chi connectivity index (χ4v) is 2.87. The van der Waals surface area contributed by atoms with E-state index in [1.54, 1.807) is 12.1 Å². The van der Waals surface area contributed by atoms with Gasteiger partial charge in [-0.1, -0.05) is 0 Å². The van der Waals surface area contributed by atoms with Crippen LogP contribution in [0.3, 0.4) is 0 Å². The number of carbonyl (C=O) groups is 1. The van der Waals surface area contributed by atoms with E-state index in [0.717, 1.165) is 0 Å². The lowest BCUT2D eigenvalue weighted by Gasteiger charge is -2.11. The second-order valence-corrected chi connectivity index (χ2v) is 6.85. The number of benzene rings is 1. The molecule has 0 spiro atoms. The largest absolute Gasteiger partial charge is 0.491 e. The number of nitrogens with one attached hydrogen (secondary N) is 1. The van der Waals surface area contributed by atoms with Gasteiger partial charge < -0.3 is 9.47 Å². The molecule has 1 heterocycles. The molecule has 128 valence electrons. The molecule has 0 saturated heterocycles. The van der Waals surface area contributed by atoms with E-state index in [-0.39, 0.29) is 22.4 Å². The number of nitrogens with zero attached hydrogens (tertiary/aromatic N) is 1.